The number of carbonyl (C=O) groups is 8. The summed E-state index contributed by atoms with van der Waals surface area (Å²) in [4.78, 5) is 98.9. The largest absolute Gasteiger partial charge is 0.480 e. The minimum Gasteiger partial charge on any atom is -0.480 e. The minimum atomic E-state index is -1.78. The maximum absolute atomic E-state index is 13.3. The molecule has 0 spiro atoms. The molecule has 0 aromatic heterocycles. The molecule has 0 saturated carbocycles. The second-order valence-corrected chi connectivity index (χ2v) is 15.0. The van der Waals surface area contributed by atoms with Gasteiger partial charge in [0.2, 0.25) is 41.4 Å². The van der Waals surface area contributed by atoms with Crippen molar-refractivity contribution < 1.29 is 87.9 Å². The molecule has 2 aliphatic heterocycles. The van der Waals surface area contributed by atoms with Gasteiger partial charge in [-0.05, 0) is 46.5 Å². The molecule has 2 aliphatic rings. The lowest BCUT2D eigenvalue weighted by molar-refractivity contribution is -0.331. The summed E-state index contributed by atoms with van der Waals surface area (Å²) in [7, 11) is 0. The lowest BCUT2D eigenvalue weighted by atomic mass is 9.94. The summed E-state index contributed by atoms with van der Waals surface area (Å²) in [5.41, 5.74) is 22.4. The van der Waals surface area contributed by atoms with E-state index < -0.39 is 165 Å². The highest BCUT2D eigenvalue weighted by molar-refractivity contribution is 5.93. The zero-order chi connectivity index (χ0) is 47.2. The van der Waals surface area contributed by atoms with Crippen LogP contribution in [0.4, 0.5) is 0 Å². The number of aliphatic hydroxyl groups excluding tert-OH is 5. The second kappa shape index (κ2) is 24.8. The van der Waals surface area contributed by atoms with Gasteiger partial charge in [0.05, 0.1) is 25.3 Å². The summed E-state index contributed by atoms with van der Waals surface area (Å²) in [6.07, 6.45) is -14.9. The van der Waals surface area contributed by atoms with Gasteiger partial charge in [-0.25, -0.2) is 0 Å². The van der Waals surface area contributed by atoms with Gasteiger partial charge in [0.15, 0.2) is 12.6 Å². The SMILES string of the molecule is CC(=O)NC1C(OC2C(CO)OC(O)C(N)C2OC(C)C(=O)NC(C)C(=O)NC(CCC(=O)NC(CCCC(N)C(N)=O)C(=O)NC(C)C(=O)O)C(N)=O)OC(CO)C(O)C1O. The molecule has 16 unspecified atom stereocenters. The van der Waals surface area contributed by atoms with Crippen molar-refractivity contribution in [3.8, 4) is 0 Å². The number of primary amides is 2. The van der Waals surface area contributed by atoms with E-state index in [1.54, 1.807) is 0 Å². The van der Waals surface area contributed by atoms with Crippen LogP contribution in [-0.4, -0.2) is 189 Å². The van der Waals surface area contributed by atoms with E-state index in [9.17, 15) is 63.9 Å². The molecule has 2 heterocycles. The standard InChI is InChI=1S/C35H61N9O18/c1-12(30(53)44-17(29(39)52)8-9-21(48)43-18(7-5-6-16(36)28(38)51)32(55)41-13(2)33(56)57)40-31(54)14(3)59-27-22(37)34(58)60-20(11-46)26(27)62-35-23(42-15(4)47)25(50)24(49)19(10-45)61-35/h12-14,16-20,22-27,34-35,45-46,49-50,58H,5-11,36-37H2,1-4H3,(H2,38,51)(H2,39,52)(H,40,54)(H,41,55)(H,42,47)(H,43,48)(H,44,53)(H,56,57). The number of amides is 7. The Balaban J connectivity index is 2.12. The van der Waals surface area contributed by atoms with Crippen molar-refractivity contribution in [3.05, 3.63) is 0 Å². The fourth-order valence-corrected chi connectivity index (χ4v) is 6.31. The molecule has 0 radical (unpaired) electrons. The van der Waals surface area contributed by atoms with Crippen molar-refractivity contribution in [1.29, 1.82) is 0 Å². The highest BCUT2D eigenvalue weighted by atomic mass is 16.7. The van der Waals surface area contributed by atoms with E-state index in [0.29, 0.717) is 0 Å². The normalized spacial score (nSPS) is 29.0. The van der Waals surface area contributed by atoms with E-state index in [-0.39, 0.29) is 25.7 Å². The van der Waals surface area contributed by atoms with Crippen LogP contribution in [0.15, 0.2) is 0 Å². The van der Waals surface area contributed by atoms with Gasteiger partial charge in [0, 0.05) is 13.3 Å². The molecule has 62 heavy (non-hydrogen) atoms. The minimum absolute atomic E-state index is 0.0478. The van der Waals surface area contributed by atoms with E-state index in [0.717, 1.165) is 6.92 Å². The van der Waals surface area contributed by atoms with Crippen molar-refractivity contribution in [2.75, 3.05) is 13.2 Å². The van der Waals surface area contributed by atoms with E-state index >= 15 is 0 Å². The fourth-order valence-electron chi connectivity index (χ4n) is 6.31. The Kier molecular flexibility index (Phi) is 21.4. The highest BCUT2D eigenvalue weighted by Crippen LogP contribution is 2.30. The van der Waals surface area contributed by atoms with Crippen LogP contribution in [-0.2, 0) is 57.3 Å². The van der Waals surface area contributed by atoms with E-state index in [1.807, 2.05) is 0 Å². The predicted octanol–water partition coefficient (Wildman–Crippen LogP) is -8.56. The Hall–Kier alpha value is -4.68. The summed E-state index contributed by atoms with van der Waals surface area (Å²) in [6.45, 7) is 3.14. The van der Waals surface area contributed by atoms with Gasteiger partial charge in [-0.1, -0.05) is 0 Å². The van der Waals surface area contributed by atoms with Crippen molar-refractivity contribution in [2.45, 2.75) is 157 Å². The molecule has 19 N–H and O–H groups in total. The number of aliphatic hydroxyl groups is 5. The zero-order valence-electron chi connectivity index (χ0n) is 34.6. The molecular formula is C35H61N9O18. The Morgan fingerprint density at radius 2 is 1.34 bits per heavy atom. The van der Waals surface area contributed by atoms with Crippen LogP contribution in [0, 0.1) is 0 Å². The summed E-state index contributed by atoms with van der Waals surface area (Å²) >= 11 is 0. The van der Waals surface area contributed by atoms with Crippen molar-refractivity contribution in [1.82, 2.24) is 26.6 Å². The number of carboxylic acids is 1. The van der Waals surface area contributed by atoms with Crippen LogP contribution < -0.4 is 49.5 Å². The van der Waals surface area contributed by atoms with Crippen LogP contribution >= 0.6 is 0 Å². The molecule has 2 fully saturated rings. The van der Waals surface area contributed by atoms with Gasteiger partial charge in [0.1, 0.15) is 72.9 Å². The van der Waals surface area contributed by atoms with Crippen molar-refractivity contribution in [3.63, 3.8) is 0 Å². The number of hydrogen-bond acceptors (Lipinski definition) is 19. The van der Waals surface area contributed by atoms with Crippen molar-refractivity contribution in [2.24, 2.45) is 22.9 Å². The summed E-state index contributed by atoms with van der Waals surface area (Å²) in [6, 6.07) is -9.43. The molecule has 7 amide bonds. The number of rotatable bonds is 24. The third-order valence-corrected chi connectivity index (χ3v) is 9.99. The number of carbonyl (C=O) groups excluding carboxylic acids is 7. The molecule has 354 valence electrons. The monoisotopic (exact) mass is 895 g/mol. The number of hydrogen-bond donors (Lipinski definition) is 15. The number of ether oxygens (including phenoxy) is 4. The fraction of sp³-hybridized carbons (Fsp3) is 0.771. The molecule has 27 heteroatoms. The first kappa shape index (κ1) is 53.5. The van der Waals surface area contributed by atoms with Gasteiger partial charge >= 0.3 is 5.97 Å². The Bertz CT molecular complexity index is 1580. The van der Waals surface area contributed by atoms with Gasteiger partial charge in [-0.3, -0.25) is 38.4 Å². The van der Waals surface area contributed by atoms with Crippen LogP contribution in [0.3, 0.4) is 0 Å². The Morgan fingerprint density at radius 3 is 1.89 bits per heavy atom. The quantitative estimate of drug-likeness (QED) is 0.0428. The Labute approximate surface area is 355 Å². The number of nitrogens with one attached hydrogen (secondary N) is 5. The molecule has 2 saturated heterocycles. The van der Waals surface area contributed by atoms with Gasteiger partial charge < -0.3 is 99.1 Å². The number of nitrogens with two attached hydrogens (primary N) is 4. The molecule has 0 aliphatic carbocycles. The van der Waals surface area contributed by atoms with Crippen LogP contribution in [0.2, 0.25) is 0 Å². The lowest BCUT2D eigenvalue weighted by Gasteiger charge is -2.48. The molecule has 0 bridgehead atoms. The molecule has 0 aromatic rings. The first-order chi connectivity index (χ1) is 28.9. The van der Waals surface area contributed by atoms with Crippen molar-refractivity contribution >= 4 is 47.3 Å². The van der Waals surface area contributed by atoms with E-state index in [2.05, 4.69) is 26.6 Å². The number of carboxylic acid groups (broad SMARTS) is 1. The summed E-state index contributed by atoms with van der Waals surface area (Å²) in [5, 5.41) is 72.3. The summed E-state index contributed by atoms with van der Waals surface area (Å²) in [5.74, 6) is -7.44. The van der Waals surface area contributed by atoms with Crippen LogP contribution in [0.5, 0.6) is 0 Å². The topological polar surface area (TPSA) is 459 Å². The number of aliphatic carboxylic acids is 1. The third kappa shape index (κ3) is 15.6. The van der Waals surface area contributed by atoms with Gasteiger partial charge in [-0.2, -0.15) is 0 Å². The highest BCUT2D eigenvalue weighted by Gasteiger charge is 2.52. The molecule has 0 aromatic carbocycles. The maximum atomic E-state index is 13.3. The average molecular weight is 896 g/mol. The molecule has 27 nitrogen and oxygen atoms in total. The first-order valence-electron chi connectivity index (χ1n) is 19.6. The Morgan fingerprint density at radius 1 is 0.726 bits per heavy atom. The maximum Gasteiger partial charge on any atom is 0.325 e. The second-order valence-electron chi connectivity index (χ2n) is 15.0. The zero-order valence-corrected chi connectivity index (χ0v) is 34.6. The smallest absolute Gasteiger partial charge is 0.325 e. The van der Waals surface area contributed by atoms with Crippen LogP contribution in [0.1, 0.15) is 59.8 Å². The predicted molar refractivity (Wildman–Crippen MR) is 207 cm³/mol. The van der Waals surface area contributed by atoms with E-state index in [1.165, 1.54) is 20.8 Å². The summed E-state index contributed by atoms with van der Waals surface area (Å²) < 4.78 is 22.8. The van der Waals surface area contributed by atoms with Gasteiger partial charge in [0.25, 0.3) is 0 Å². The molecule has 16 atom stereocenters. The molecule has 2 rings (SSSR count). The van der Waals surface area contributed by atoms with Crippen LogP contribution in [0.25, 0.3) is 0 Å². The third-order valence-electron chi connectivity index (χ3n) is 9.99. The average Bonchev–Trinajstić information content (AvgIpc) is 3.20. The molecular weight excluding hydrogens is 834 g/mol. The van der Waals surface area contributed by atoms with Gasteiger partial charge in [-0.15, -0.1) is 0 Å². The van der Waals surface area contributed by atoms with E-state index in [4.69, 9.17) is 47.0 Å². The lowest BCUT2D eigenvalue weighted by Crippen LogP contribution is -2.69. The first-order valence-corrected chi connectivity index (χ1v) is 19.6.